The number of anilines is 1. The summed E-state index contributed by atoms with van der Waals surface area (Å²) in [6.07, 6.45) is 0. The summed E-state index contributed by atoms with van der Waals surface area (Å²) in [7, 11) is 0. The van der Waals surface area contributed by atoms with Crippen molar-refractivity contribution in [2.45, 2.75) is 6.92 Å². The first-order valence-corrected chi connectivity index (χ1v) is 6.60. The fraction of sp³-hybridized carbons (Fsp3) is 0.0769. The summed E-state index contributed by atoms with van der Waals surface area (Å²) in [5.74, 6) is 0.552. The van der Waals surface area contributed by atoms with E-state index in [1.165, 1.54) is 4.68 Å². The van der Waals surface area contributed by atoms with Crippen molar-refractivity contribution in [3.63, 3.8) is 0 Å². The number of aromatic nitrogens is 3. The van der Waals surface area contributed by atoms with Gasteiger partial charge in [-0.2, -0.15) is 4.68 Å². The normalized spacial score (nSPS) is 10.8. The van der Waals surface area contributed by atoms with Crippen LogP contribution >= 0.6 is 11.3 Å². The highest BCUT2D eigenvalue weighted by Gasteiger charge is 2.15. The van der Waals surface area contributed by atoms with Gasteiger partial charge in [-0.3, -0.25) is 0 Å². The SMILES string of the molecule is Cc1ccc(-n2nnc(-c3cccs3)c2N)c(O)c1. The van der Waals surface area contributed by atoms with Crippen molar-refractivity contribution in [1.29, 1.82) is 0 Å². The first-order valence-electron chi connectivity index (χ1n) is 5.72. The third kappa shape index (κ3) is 1.96. The molecule has 3 aromatic rings. The smallest absolute Gasteiger partial charge is 0.156 e. The molecule has 19 heavy (non-hydrogen) atoms. The molecule has 0 aliphatic heterocycles. The topological polar surface area (TPSA) is 77.0 Å². The zero-order chi connectivity index (χ0) is 13.4. The van der Waals surface area contributed by atoms with E-state index in [4.69, 9.17) is 5.73 Å². The zero-order valence-corrected chi connectivity index (χ0v) is 11.1. The number of nitrogen functional groups attached to an aromatic ring is 1. The fourth-order valence-electron chi connectivity index (χ4n) is 1.87. The molecule has 0 aliphatic carbocycles. The van der Waals surface area contributed by atoms with Crippen LogP contribution in [0.3, 0.4) is 0 Å². The van der Waals surface area contributed by atoms with E-state index in [0.717, 1.165) is 10.4 Å². The van der Waals surface area contributed by atoms with Crippen molar-refractivity contribution in [2.24, 2.45) is 0 Å². The average Bonchev–Trinajstić information content (AvgIpc) is 2.99. The van der Waals surface area contributed by atoms with Gasteiger partial charge in [0.2, 0.25) is 0 Å². The van der Waals surface area contributed by atoms with Gasteiger partial charge in [0.25, 0.3) is 0 Å². The average molecular weight is 272 g/mol. The van der Waals surface area contributed by atoms with Crippen LogP contribution in [0.15, 0.2) is 35.7 Å². The number of aromatic hydroxyl groups is 1. The van der Waals surface area contributed by atoms with Gasteiger partial charge >= 0.3 is 0 Å². The minimum Gasteiger partial charge on any atom is -0.506 e. The third-order valence-corrected chi connectivity index (χ3v) is 3.70. The van der Waals surface area contributed by atoms with Crippen molar-refractivity contribution in [3.05, 3.63) is 41.3 Å². The Morgan fingerprint density at radius 3 is 2.84 bits per heavy atom. The van der Waals surface area contributed by atoms with Crippen molar-refractivity contribution < 1.29 is 5.11 Å². The van der Waals surface area contributed by atoms with Crippen LogP contribution in [-0.2, 0) is 0 Å². The van der Waals surface area contributed by atoms with E-state index < -0.39 is 0 Å². The van der Waals surface area contributed by atoms with Crippen LogP contribution < -0.4 is 5.73 Å². The highest BCUT2D eigenvalue weighted by atomic mass is 32.1. The Morgan fingerprint density at radius 1 is 1.32 bits per heavy atom. The third-order valence-electron chi connectivity index (χ3n) is 2.82. The van der Waals surface area contributed by atoms with Crippen molar-refractivity contribution in [3.8, 4) is 22.0 Å². The molecule has 6 heteroatoms. The van der Waals surface area contributed by atoms with Crippen LogP contribution in [0.2, 0.25) is 0 Å². The molecule has 0 unspecified atom stereocenters. The lowest BCUT2D eigenvalue weighted by atomic mass is 10.2. The summed E-state index contributed by atoms with van der Waals surface area (Å²) in [6, 6.07) is 9.20. The standard InChI is InChI=1S/C13H12N4OS/c1-8-4-5-9(10(18)7-8)17-13(14)12(15-16-17)11-3-2-6-19-11/h2-7,18H,14H2,1H3. The molecular weight excluding hydrogens is 260 g/mol. The summed E-state index contributed by atoms with van der Waals surface area (Å²) in [6.45, 7) is 1.91. The van der Waals surface area contributed by atoms with Gasteiger partial charge in [-0.1, -0.05) is 17.3 Å². The second-order valence-electron chi connectivity index (χ2n) is 4.20. The minimum atomic E-state index is 0.134. The molecule has 96 valence electrons. The summed E-state index contributed by atoms with van der Waals surface area (Å²) in [5.41, 5.74) is 8.20. The van der Waals surface area contributed by atoms with Gasteiger partial charge in [0, 0.05) is 0 Å². The summed E-state index contributed by atoms with van der Waals surface area (Å²) < 4.78 is 1.45. The molecule has 0 saturated heterocycles. The molecule has 0 amide bonds. The van der Waals surface area contributed by atoms with E-state index in [-0.39, 0.29) is 5.75 Å². The van der Waals surface area contributed by atoms with Gasteiger partial charge in [0.1, 0.15) is 17.1 Å². The van der Waals surface area contributed by atoms with Crippen LogP contribution in [0, 0.1) is 6.92 Å². The summed E-state index contributed by atoms with van der Waals surface area (Å²) >= 11 is 1.55. The molecule has 2 aromatic heterocycles. The van der Waals surface area contributed by atoms with Crippen LogP contribution in [0.25, 0.3) is 16.3 Å². The Labute approximate surface area is 113 Å². The number of benzene rings is 1. The van der Waals surface area contributed by atoms with Crippen molar-refractivity contribution in [1.82, 2.24) is 15.0 Å². The Morgan fingerprint density at radius 2 is 2.16 bits per heavy atom. The first kappa shape index (κ1) is 11.7. The molecule has 0 spiro atoms. The molecule has 2 heterocycles. The van der Waals surface area contributed by atoms with E-state index in [9.17, 15) is 5.11 Å². The molecule has 0 saturated carbocycles. The van der Waals surface area contributed by atoms with Crippen LogP contribution in [0.4, 0.5) is 5.82 Å². The molecule has 0 fully saturated rings. The lowest BCUT2D eigenvalue weighted by Crippen LogP contribution is -2.02. The molecule has 5 nitrogen and oxygen atoms in total. The van der Waals surface area contributed by atoms with Crippen LogP contribution in [0.5, 0.6) is 5.75 Å². The van der Waals surface area contributed by atoms with Gasteiger partial charge in [-0.15, -0.1) is 16.4 Å². The maximum atomic E-state index is 9.97. The van der Waals surface area contributed by atoms with Crippen LogP contribution in [0.1, 0.15) is 5.56 Å². The summed E-state index contributed by atoms with van der Waals surface area (Å²) in [5, 5.41) is 20.0. The number of nitrogens with zero attached hydrogens (tertiary/aromatic N) is 3. The number of phenols is 1. The predicted octanol–water partition coefficient (Wildman–Crippen LogP) is 2.59. The van der Waals surface area contributed by atoms with Crippen molar-refractivity contribution >= 4 is 17.2 Å². The van der Waals surface area contributed by atoms with E-state index >= 15 is 0 Å². The van der Waals surface area contributed by atoms with E-state index in [2.05, 4.69) is 10.3 Å². The van der Waals surface area contributed by atoms with E-state index in [1.807, 2.05) is 30.5 Å². The second-order valence-corrected chi connectivity index (χ2v) is 5.15. The summed E-state index contributed by atoms with van der Waals surface area (Å²) in [4.78, 5) is 0.954. The van der Waals surface area contributed by atoms with Crippen LogP contribution in [-0.4, -0.2) is 20.1 Å². The number of hydrogen-bond donors (Lipinski definition) is 2. The number of thiophene rings is 1. The Kier molecular flexibility index (Phi) is 2.72. The molecule has 0 radical (unpaired) electrons. The van der Waals surface area contributed by atoms with Gasteiger partial charge in [-0.05, 0) is 36.1 Å². The maximum absolute atomic E-state index is 9.97. The lowest BCUT2D eigenvalue weighted by molar-refractivity contribution is 0.469. The number of hydrogen-bond acceptors (Lipinski definition) is 5. The number of nitrogens with two attached hydrogens (primary N) is 1. The molecule has 3 N–H and O–H groups in total. The van der Waals surface area contributed by atoms with E-state index in [1.54, 1.807) is 23.5 Å². The predicted molar refractivity (Wildman–Crippen MR) is 75.5 cm³/mol. The number of rotatable bonds is 2. The largest absolute Gasteiger partial charge is 0.506 e. The maximum Gasteiger partial charge on any atom is 0.156 e. The molecule has 3 rings (SSSR count). The quantitative estimate of drug-likeness (QED) is 0.751. The minimum absolute atomic E-state index is 0.134. The Hall–Kier alpha value is -2.34. The van der Waals surface area contributed by atoms with E-state index in [0.29, 0.717) is 17.2 Å². The zero-order valence-electron chi connectivity index (χ0n) is 10.2. The lowest BCUT2D eigenvalue weighted by Gasteiger charge is -2.06. The van der Waals surface area contributed by atoms with Gasteiger partial charge in [0.15, 0.2) is 5.82 Å². The molecule has 0 atom stereocenters. The van der Waals surface area contributed by atoms with Gasteiger partial charge < -0.3 is 10.8 Å². The van der Waals surface area contributed by atoms with Crippen molar-refractivity contribution in [2.75, 3.05) is 5.73 Å². The van der Waals surface area contributed by atoms with Gasteiger partial charge in [0.05, 0.1) is 4.88 Å². The fourth-order valence-corrected chi connectivity index (χ4v) is 2.59. The molecule has 0 bridgehead atoms. The highest BCUT2D eigenvalue weighted by Crippen LogP contribution is 2.31. The number of aryl methyl sites for hydroxylation is 1. The molecule has 0 aliphatic rings. The highest BCUT2D eigenvalue weighted by molar-refractivity contribution is 7.13. The Balaban J connectivity index is 2.12. The monoisotopic (exact) mass is 272 g/mol. The van der Waals surface area contributed by atoms with Gasteiger partial charge in [-0.25, -0.2) is 0 Å². The first-order chi connectivity index (χ1) is 9.16. The molecular formula is C13H12N4OS. The molecule has 1 aromatic carbocycles. The second kappa shape index (κ2) is 4.40. The number of phenolic OH excluding ortho intramolecular Hbond substituents is 1. The Bertz CT molecular complexity index is 718.